The topological polar surface area (TPSA) is 62.7 Å². The first-order valence-corrected chi connectivity index (χ1v) is 11.1. The van der Waals surface area contributed by atoms with Gasteiger partial charge in [0.2, 0.25) is 5.91 Å². The molecule has 0 aliphatic carbocycles. The van der Waals surface area contributed by atoms with Crippen molar-refractivity contribution in [1.82, 2.24) is 14.8 Å². The van der Waals surface area contributed by atoms with Crippen molar-refractivity contribution in [2.24, 2.45) is 5.41 Å². The summed E-state index contributed by atoms with van der Waals surface area (Å²) in [7, 11) is 3.61. The molecular weight excluding hydrogens is 390 g/mol. The number of hydrogen-bond donors (Lipinski definition) is 0. The Bertz CT molecular complexity index is 925. The molecule has 0 bridgehead atoms. The summed E-state index contributed by atoms with van der Waals surface area (Å²) in [4.78, 5) is 34.4. The minimum absolute atomic E-state index is 0.0358. The first kappa shape index (κ1) is 21.5. The summed E-state index contributed by atoms with van der Waals surface area (Å²) in [5, 5.41) is 0. The van der Waals surface area contributed by atoms with Crippen molar-refractivity contribution in [2.45, 2.75) is 38.2 Å². The summed E-state index contributed by atoms with van der Waals surface area (Å²) in [5.41, 5.74) is 2.59. The number of ether oxygens (including phenoxy) is 1. The third-order valence-electron chi connectivity index (χ3n) is 6.47. The van der Waals surface area contributed by atoms with Crippen LogP contribution >= 0.6 is 0 Å². The SMILES string of the molecule is CN(C)C(=O)[C@@]1(Cc2ccccc2-c2cccnc2)CCCN(C(=O)[C@@H]2CCCO2)C1. The fourth-order valence-electron chi connectivity index (χ4n) is 5.01. The van der Waals surface area contributed by atoms with E-state index in [0.717, 1.165) is 42.4 Å². The van der Waals surface area contributed by atoms with Gasteiger partial charge in [-0.15, -0.1) is 0 Å². The molecule has 2 amide bonds. The Morgan fingerprint density at radius 1 is 1.19 bits per heavy atom. The van der Waals surface area contributed by atoms with Crippen LogP contribution < -0.4 is 0 Å². The molecule has 6 heteroatoms. The first-order valence-electron chi connectivity index (χ1n) is 11.1. The van der Waals surface area contributed by atoms with Gasteiger partial charge in [-0.1, -0.05) is 30.3 Å². The van der Waals surface area contributed by atoms with Crippen molar-refractivity contribution >= 4 is 11.8 Å². The molecule has 2 saturated heterocycles. The standard InChI is InChI=1S/C25H31N3O3/c1-27(2)24(30)25(12-7-14-28(18-25)23(29)22-11-6-15-31-22)16-19-8-3-4-10-21(19)20-9-5-13-26-17-20/h3-5,8-10,13,17,22H,6-7,11-12,14-16,18H2,1-2H3/t22-,25+/m0/s1. The Labute approximate surface area is 184 Å². The molecule has 0 N–H and O–H groups in total. The molecule has 2 fully saturated rings. The van der Waals surface area contributed by atoms with Gasteiger partial charge in [0.1, 0.15) is 6.10 Å². The minimum Gasteiger partial charge on any atom is -0.368 e. The summed E-state index contributed by atoms with van der Waals surface area (Å²) in [6, 6.07) is 12.2. The summed E-state index contributed by atoms with van der Waals surface area (Å²) < 4.78 is 5.65. The highest BCUT2D eigenvalue weighted by molar-refractivity contribution is 5.86. The molecule has 2 aromatic rings. The maximum atomic E-state index is 13.5. The van der Waals surface area contributed by atoms with Crippen molar-refractivity contribution in [3.63, 3.8) is 0 Å². The molecule has 2 aliphatic rings. The van der Waals surface area contributed by atoms with E-state index in [-0.39, 0.29) is 17.9 Å². The molecule has 1 aromatic carbocycles. The molecule has 6 nitrogen and oxygen atoms in total. The Morgan fingerprint density at radius 3 is 2.74 bits per heavy atom. The number of piperidine rings is 1. The number of rotatable bonds is 5. The molecule has 31 heavy (non-hydrogen) atoms. The third kappa shape index (κ3) is 4.49. The Balaban J connectivity index is 1.66. The smallest absolute Gasteiger partial charge is 0.251 e. The van der Waals surface area contributed by atoms with E-state index in [2.05, 4.69) is 17.1 Å². The van der Waals surface area contributed by atoms with Crippen LogP contribution in [0.5, 0.6) is 0 Å². The van der Waals surface area contributed by atoms with Crippen molar-refractivity contribution in [2.75, 3.05) is 33.8 Å². The summed E-state index contributed by atoms with van der Waals surface area (Å²) in [5.74, 6) is 0.118. The van der Waals surface area contributed by atoms with E-state index in [1.54, 1.807) is 25.2 Å². The van der Waals surface area contributed by atoms with Gasteiger partial charge in [0.25, 0.3) is 5.91 Å². The number of hydrogen-bond acceptors (Lipinski definition) is 4. The second kappa shape index (κ2) is 9.18. The van der Waals surface area contributed by atoms with Crippen LogP contribution in [-0.4, -0.2) is 66.5 Å². The zero-order valence-corrected chi connectivity index (χ0v) is 18.4. The van der Waals surface area contributed by atoms with E-state index in [4.69, 9.17) is 4.74 Å². The zero-order valence-electron chi connectivity index (χ0n) is 18.4. The summed E-state index contributed by atoms with van der Waals surface area (Å²) in [6.07, 6.45) is 7.12. The van der Waals surface area contributed by atoms with Gasteiger partial charge < -0.3 is 14.5 Å². The fraction of sp³-hybridized carbons (Fsp3) is 0.480. The lowest BCUT2D eigenvalue weighted by molar-refractivity contribution is -0.151. The Kier molecular flexibility index (Phi) is 6.37. The van der Waals surface area contributed by atoms with E-state index < -0.39 is 5.41 Å². The molecule has 2 aliphatic heterocycles. The number of pyridine rings is 1. The number of carbonyl (C=O) groups is 2. The highest BCUT2D eigenvalue weighted by Crippen LogP contribution is 2.38. The van der Waals surface area contributed by atoms with Gasteiger partial charge in [0.15, 0.2) is 0 Å². The second-order valence-corrected chi connectivity index (χ2v) is 8.92. The van der Waals surface area contributed by atoms with Crippen LogP contribution in [0, 0.1) is 5.41 Å². The predicted molar refractivity (Wildman–Crippen MR) is 119 cm³/mol. The van der Waals surface area contributed by atoms with E-state index in [9.17, 15) is 9.59 Å². The third-order valence-corrected chi connectivity index (χ3v) is 6.47. The molecule has 4 rings (SSSR count). The van der Waals surface area contributed by atoms with Gasteiger partial charge in [-0.25, -0.2) is 0 Å². The number of likely N-dealkylation sites (tertiary alicyclic amines) is 1. The van der Waals surface area contributed by atoms with Gasteiger partial charge in [-0.05, 0) is 49.3 Å². The maximum Gasteiger partial charge on any atom is 0.251 e. The average Bonchev–Trinajstić information content (AvgIpc) is 3.34. The highest BCUT2D eigenvalue weighted by atomic mass is 16.5. The van der Waals surface area contributed by atoms with E-state index in [0.29, 0.717) is 26.1 Å². The quantitative estimate of drug-likeness (QED) is 0.744. The highest BCUT2D eigenvalue weighted by Gasteiger charge is 2.45. The summed E-state index contributed by atoms with van der Waals surface area (Å²) in [6.45, 7) is 1.76. The molecule has 1 aromatic heterocycles. The molecule has 0 unspecified atom stereocenters. The predicted octanol–water partition coefficient (Wildman–Crippen LogP) is 3.17. The van der Waals surface area contributed by atoms with Crippen LogP contribution in [0.2, 0.25) is 0 Å². The molecule has 0 spiro atoms. The van der Waals surface area contributed by atoms with E-state index in [1.807, 2.05) is 35.4 Å². The van der Waals surface area contributed by atoms with Crippen molar-refractivity contribution in [3.8, 4) is 11.1 Å². The van der Waals surface area contributed by atoms with Gasteiger partial charge >= 0.3 is 0 Å². The van der Waals surface area contributed by atoms with Gasteiger partial charge in [0.05, 0.1) is 5.41 Å². The average molecular weight is 422 g/mol. The number of amides is 2. The molecule has 2 atom stereocenters. The van der Waals surface area contributed by atoms with Crippen LogP contribution in [0.3, 0.4) is 0 Å². The number of aromatic nitrogens is 1. The van der Waals surface area contributed by atoms with Gasteiger partial charge in [-0.2, -0.15) is 0 Å². The monoisotopic (exact) mass is 421 g/mol. The van der Waals surface area contributed by atoms with Crippen LogP contribution in [0.15, 0.2) is 48.8 Å². The lowest BCUT2D eigenvalue weighted by atomic mass is 9.72. The number of carbonyl (C=O) groups excluding carboxylic acids is 2. The molecule has 164 valence electrons. The first-order chi connectivity index (χ1) is 15.0. The lowest BCUT2D eigenvalue weighted by Gasteiger charge is -2.44. The largest absolute Gasteiger partial charge is 0.368 e. The van der Waals surface area contributed by atoms with Crippen molar-refractivity contribution in [3.05, 3.63) is 54.4 Å². The van der Waals surface area contributed by atoms with Crippen molar-refractivity contribution < 1.29 is 14.3 Å². The normalized spacial score (nSPS) is 23.5. The lowest BCUT2D eigenvalue weighted by Crippen LogP contribution is -2.55. The van der Waals surface area contributed by atoms with Gasteiger partial charge in [-0.3, -0.25) is 14.6 Å². The van der Waals surface area contributed by atoms with Crippen LogP contribution in [0.25, 0.3) is 11.1 Å². The van der Waals surface area contributed by atoms with Crippen molar-refractivity contribution in [1.29, 1.82) is 0 Å². The molecule has 3 heterocycles. The van der Waals surface area contributed by atoms with E-state index >= 15 is 0 Å². The fourth-order valence-corrected chi connectivity index (χ4v) is 5.01. The van der Waals surface area contributed by atoms with Crippen LogP contribution in [0.1, 0.15) is 31.2 Å². The Hall–Kier alpha value is -2.73. The Morgan fingerprint density at radius 2 is 2.03 bits per heavy atom. The minimum atomic E-state index is -0.645. The van der Waals surface area contributed by atoms with Crippen LogP contribution in [0.4, 0.5) is 0 Å². The van der Waals surface area contributed by atoms with Gasteiger partial charge in [0, 0.05) is 51.7 Å². The van der Waals surface area contributed by atoms with E-state index in [1.165, 1.54) is 0 Å². The zero-order chi connectivity index (χ0) is 21.8. The summed E-state index contributed by atoms with van der Waals surface area (Å²) >= 11 is 0. The number of benzene rings is 1. The maximum absolute atomic E-state index is 13.5. The molecule has 0 radical (unpaired) electrons. The second-order valence-electron chi connectivity index (χ2n) is 8.92. The van der Waals surface area contributed by atoms with Crippen LogP contribution in [-0.2, 0) is 20.7 Å². The number of nitrogens with zero attached hydrogens (tertiary/aromatic N) is 3. The molecule has 0 saturated carbocycles. The molecular formula is C25H31N3O3.